The van der Waals surface area contributed by atoms with E-state index in [1.54, 1.807) is 11.0 Å². The van der Waals surface area contributed by atoms with Crippen molar-refractivity contribution in [2.75, 3.05) is 27.2 Å². The normalized spacial score (nSPS) is 21.8. The predicted octanol–water partition coefficient (Wildman–Crippen LogP) is 2.48. The highest BCUT2D eigenvalue weighted by Gasteiger charge is 2.34. The second-order valence-corrected chi connectivity index (χ2v) is 6.80. The van der Waals surface area contributed by atoms with Crippen LogP contribution < -0.4 is 0 Å². The van der Waals surface area contributed by atoms with E-state index in [-0.39, 0.29) is 11.9 Å². The smallest absolute Gasteiger partial charge is 0.289 e. The molecule has 1 aliphatic heterocycles. The Balaban J connectivity index is 1.76. The lowest BCUT2D eigenvalue weighted by atomic mass is 9.87. The Hall–Kier alpha value is -2.08. The van der Waals surface area contributed by atoms with Gasteiger partial charge in [-0.15, -0.1) is 0 Å². The largest absolute Gasteiger partial charge is 0.456 e. The highest BCUT2D eigenvalue weighted by molar-refractivity contribution is 5.91. The number of furan rings is 1. The molecular formula is C18H26N4O2. The second kappa shape index (κ2) is 6.81. The van der Waals surface area contributed by atoms with E-state index in [0.29, 0.717) is 18.2 Å². The standard InChI is InChI=1S/C18H26N4O2/c1-13-7-8-16(24-13)18(23)21(3)12-14-6-5-11-20(2)17(14)15-9-10-19-22(15)4/h7-10,14,17H,5-6,11-12H2,1-4H3/t14-,17+/m0/s1. The van der Waals surface area contributed by atoms with Gasteiger partial charge in [-0.2, -0.15) is 5.10 Å². The summed E-state index contributed by atoms with van der Waals surface area (Å²) in [6.07, 6.45) is 4.10. The van der Waals surface area contributed by atoms with Crippen molar-refractivity contribution in [3.63, 3.8) is 0 Å². The van der Waals surface area contributed by atoms with Crippen molar-refractivity contribution in [3.8, 4) is 0 Å². The van der Waals surface area contributed by atoms with Crippen molar-refractivity contribution < 1.29 is 9.21 Å². The fraction of sp³-hybridized carbons (Fsp3) is 0.556. The number of hydrogen-bond donors (Lipinski definition) is 0. The maximum Gasteiger partial charge on any atom is 0.289 e. The van der Waals surface area contributed by atoms with E-state index in [1.807, 2.05) is 38.0 Å². The molecule has 1 saturated heterocycles. The molecule has 130 valence electrons. The summed E-state index contributed by atoms with van der Waals surface area (Å²) >= 11 is 0. The number of likely N-dealkylation sites (tertiary alicyclic amines) is 1. The Morgan fingerprint density at radius 2 is 2.17 bits per heavy atom. The number of aryl methyl sites for hydroxylation is 2. The van der Waals surface area contributed by atoms with Crippen LogP contribution in [0.25, 0.3) is 0 Å². The van der Waals surface area contributed by atoms with E-state index in [4.69, 9.17) is 4.42 Å². The minimum absolute atomic E-state index is 0.0555. The van der Waals surface area contributed by atoms with Crippen molar-refractivity contribution in [1.82, 2.24) is 19.6 Å². The van der Waals surface area contributed by atoms with Gasteiger partial charge in [-0.1, -0.05) is 0 Å². The molecular weight excluding hydrogens is 304 g/mol. The molecule has 0 spiro atoms. The van der Waals surface area contributed by atoms with Gasteiger partial charge in [0, 0.05) is 26.8 Å². The summed E-state index contributed by atoms with van der Waals surface area (Å²) in [4.78, 5) is 16.7. The Morgan fingerprint density at radius 1 is 1.38 bits per heavy atom. The zero-order chi connectivity index (χ0) is 17.3. The molecule has 0 bridgehead atoms. The molecule has 3 heterocycles. The zero-order valence-electron chi connectivity index (χ0n) is 14.9. The summed E-state index contributed by atoms with van der Waals surface area (Å²) in [5.41, 5.74) is 1.21. The van der Waals surface area contributed by atoms with Gasteiger partial charge in [0.25, 0.3) is 5.91 Å². The third kappa shape index (κ3) is 3.24. The lowest BCUT2D eigenvalue weighted by Crippen LogP contribution is -2.43. The van der Waals surface area contributed by atoms with E-state index >= 15 is 0 Å². The van der Waals surface area contributed by atoms with Crippen molar-refractivity contribution in [1.29, 1.82) is 0 Å². The number of carbonyl (C=O) groups is 1. The maximum atomic E-state index is 12.6. The number of piperidine rings is 1. The number of hydrogen-bond acceptors (Lipinski definition) is 4. The van der Waals surface area contributed by atoms with Gasteiger partial charge in [-0.05, 0) is 57.5 Å². The summed E-state index contributed by atoms with van der Waals surface area (Å²) in [6, 6.07) is 5.94. The van der Waals surface area contributed by atoms with Crippen molar-refractivity contribution >= 4 is 5.91 Å². The van der Waals surface area contributed by atoms with Gasteiger partial charge in [0.2, 0.25) is 0 Å². The highest BCUT2D eigenvalue weighted by atomic mass is 16.3. The monoisotopic (exact) mass is 330 g/mol. The number of rotatable bonds is 4. The average molecular weight is 330 g/mol. The molecule has 24 heavy (non-hydrogen) atoms. The zero-order valence-corrected chi connectivity index (χ0v) is 14.9. The first kappa shape index (κ1) is 16.8. The molecule has 2 atom stereocenters. The summed E-state index contributed by atoms with van der Waals surface area (Å²) < 4.78 is 7.42. The molecule has 1 fully saturated rings. The number of aromatic nitrogens is 2. The number of amides is 1. The molecule has 0 aliphatic carbocycles. The van der Waals surface area contributed by atoms with Crippen LogP contribution in [0.3, 0.4) is 0 Å². The van der Waals surface area contributed by atoms with Crippen LogP contribution in [0.5, 0.6) is 0 Å². The molecule has 6 nitrogen and oxygen atoms in total. The predicted molar refractivity (Wildman–Crippen MR) is 91.7 cm³/mol. The molecule has 0 unspecified atom stereocenters. The van der Waals surface area contributed by atoms with Gasteiger partial charge in [0.15, 0.2) is 5.76 Å². The first-order valence-corrected chi connectivity index (χ1v) is 8.47. The van der Waals surface area contributed by atoms with Crippen LogP contribution in [-0.2, 0) is 7.05 Å². The van der Waals surface area contributed by atoms with Crippen LogP contribution in [0.1, 0.15) is 40.9 Å². The summed E-state index contributed by atoms with van der Waals surface area (Å²) in [5.74, 6) is 1.50. The van der Waals surface area contributed by atoms with E-state index in [0.717, 1.165) is 25.1 Å². The van der Waals surface area contributed by atoms with Crippen molar-refractivity contribution in [3.05, 3.63) is 41.6 Å². The molecule has 3 rings (SSSR count). The number of carbonyl (C=O) groups excluding carboxylic acids is 1. The quantitative estimate of drug-likeness (QED) is 0.864. The molecule has 6 heteroatoms. The lowest BCUT2D eigenvalue weighted by molar-refractivity contribution is 0.0604. The van der Waals surface area contributed by atoms with E-state index < -0.39 is 0 Å². The van der Waals surface area contributed by atoms with Gasteiger partial charge in [0.1, 0.15) is 5.76 Å². The molecule has 0 saturated carbocycles. The van der Waals surface area contributed by atoms with Gasteiger partial charge >= 0.3 is 0 Å². The highest BCUT2D eigenvalue weighted by Crippen LogP contribution is 2.35. The summed E-state index contributed by atoms with van der Waals surface area (Å²) in [7, 11) is 5.99. The topological polar surface area (TPSA) is 54.5 Å². The third-order valence-electron chi connectivity index (χ3n) is 4.98. The SMILES string of the molecule is Cc1ccc(C(=O)N(C)C[C@@H]2CCCN(C)[C@H]2c2ccnn2C)o1. The fourth-order valence-corrected chi connectivity index (χ4v) is 3.76. The first-order valence-electron chi connectivity index (χ1n) is 8.47. The molecule has 1 amide bonds. The molecule has 2 aromatic rings. The molecule has 0 aromatic carbocycles. The van der Waals surface area contributed by atoms with Gasteiger partial charge in [0.05, 0.1) is 11.7 Å². The minimum Gasteiger partial charge on any atom is -0.456 e. The van der Waals surface area contributed by atoms with E-state index in [9.17, 15) is 4.79 Å². The average Bonchev–Trinajstić information content (AvgIpc) is 3.15. The number of nitrogens with zero attached hydrogens (tertiary/aromatic N) is 4. The van der Waals surface area contributed by atoms with Crippen molar-refractivity contribution in [2.45, 2.75) is 25.8 Å². The van der Waals surface area contributed by atoms with Gasteiger partial charge in [-0.25, -0.2) is 0 Å². The minimum atomic E-state index is -0.0555. The van der Waals surface area contributed by atoms with Crippen molar-refractivity contribution in [2.24, 2.45) is 13.0 Å². The van der Waals surface area contributed by atoms with Crippen LogP contribution in [0, 0.1) is 12.8 Å². The molecule has 0 N–H and O–H groups in total. The molecule has 2 aromatic heterocycles. The molecule has 0 radical (unpaired) electrons. The molecule has 1 aliphatic rings. The van der Waals surface area contributed by atoms with Gasteiger partial charge in [-0.3, -0.25) is 14.4 Å². The fourth-order valence-electron chi connectivity index (χ4n) is 3.76. The van der Waals surface area contributed by atoms with Crippen LogP contribution in [-0.4, -0.2) is 52.7 Å². The first-order chi connectivity index (χ1) is 11.5. The Kier molecular flexibility index (Phi) is 4.76. The van der Waals surface area contributed by atoms with Crippen LogP contribution in [0.4, 0.5) is 0 Å². The van der Waals surface area contributed by atoms with Gasteiger partial charge < -0.3 is 9.32 Å². The van der Waals surface area contributed by atoms with E-state index in [1.165, 1.54) is 5.69 Å². The van der Waals surface area contributed by atoms with Crippen LogP contribution >= 0.6 is 0 Å². The third-order valence-corrected chi connectivity index (χ3v) is 4.98. The van der Waals surface area contributed by atoms with E-state index in [2.05, 4.69) is 23.1 Å². The van der Waals surface area contributed by atoms with Crippen LogP contribution in [0.2, 0.25) is 0 Å². The maximum absolute atomic E-state index is 12.6. The van der Waals surface area contributed by atoms with Crippen LogP contribution in [0.15, 0.2) is 28.8 Å². The Labute approximate surface area is 143 Å². The summed E-state index contributed by atoms with van der Waals surface area (Å²) in [5, 5.41) is 4.32. The Morgan fingerprint density at radius 3 is 2.79 bits per heavy atom. The Bertz CT molecular complexity index is 705. The summed E-state index contributed by atoms with van der Waals surface area (Å²) in [6.45, 7) is 3.63. The lowest BCUT2D eigenvalue weighted by Gasteiger charge is -2.40. The second-order valence-electron chi connectivity index (χ2n) is 6.80.